The zero-order valence-electron chi connectivity index (χ0n) is 13.0. The van der Waals surface area contributed by atoms with E-state index in [2.05, 4.69) is 20.6 Å². The van der Waals surface area contributed by atoms with Crippen LogP contribution in [0.1, 0.15) is 6.92 Å². The zero-order chi connectivity index (χ0) is 16.9. The van der Waals surface area contributed by atoms with Gasteiger partial charge in [0.15, 0.2) is 5.11 Å². The van der Waals surface area contributed by atoms with Gasteiger partial charge in [-0.15, -0.1) is 0 Å². The second-order valence-corrected chi connectivity index (χ2v) is 5.41. The van der Waals surface area contributed by atoms with Gasteiger partial charge in [-0.2, -0.15) is 0 Å². The molecule has 3 rings (SSSR count). The quantitative estimate of drug-likeness (QED) is 0.633. The summed E-state index contributed by atoms with van der Waals surface area (Å²) in [6.07, 6.45) is 1.38. The number of hydrogen-bond acceptors (Lipinski definition) is 4. The van der Waals surface area contributed by atoms with Crippen molar-refractivity contribution in [2.45, 2.75) is 6.92 Å². The van der Waals surface area contributed by atoms with E-state index in [1.54, 1.807) is 12.1 Å². The third-order valence-corrected chi connectivity index (χ3v) is 3.53. The Bertz CT molecular complexity index is 922. The Morgan fingerprint density at radius 2 is 1.88 bits per heavy atom. The Balaban J connectivity index is 1.70. The maximum absolute atomic E-state index is 11.8. The Morgan fingerprint density at radius 1 is 1.17 bits per heavy atom. The number of aromatic nitrogens is 2. The first kappa shape index (κ1) is 15.9. The molecule has 0 atom stereocenters. The number of rotatable bonds is 4. The van der Waals surface area contributed by atoms with E-state index >= 15 is 0 Å². The van der Waals surface area contributed by atoms with Gasteiger partial charge in [-0.05, 0) is 61.6 Å². The van der Waals surface area contributed by atoms with Crippen molar-refractivity contribution in [3.8, 4) is 5.75 Å². The molecule has 24 heavy (non-hydrogen) atoms. The molecule has 0 saturated heterocycles. The monoisotopic (exact) mass is 340 g/mol. The average Bonchev–Trinajstić information content (AvgIpc) is 2.58. The maximum atomic E-state index is 11.8. The summed E-state index contributed by atoms with van der Waals surface area (Å²) < 4.78 is 5.40. The van der Waals surface area contributed by atoms with Gasteiger partial charge >= 0.3 is 0 Å². The molecule has 0 saturated carbocycles. The molecule has 0 amide bonds. The molecule has 122 valence electrons. The first-order chi connectivity index (χ1) is 11.7. The van der Waals surface area contributed by atoms with Gasteiger partial charge in [-0.25, -0.2) is 4.98 Å². The molecule has 7 heteroatoms. The molecule has 0 radical (unpaired) electrons. The predicted octanol–water partition coefficient (Wildman–Crippen LogP) is 3.13. The minimum absolute atomic E-state index is 0.186. The molecular weight excluding hydrogens is 324 g/mol. The Labute approximate surface area is 143 Å². The van der Waals surface area contributed by atoms with Crippen LogP contribution < -0.4 is 20.9 Å². The van der Waals surface area contributed by atoms with Gasteiger partial charge in [0.1, 0.15) is 5.75 Å². The smallest absolute Gasteiger partial charge is 0.258 e. The van der Waals surface area contributed by atoms with Gasteiger partial charge in [0.05, 0.1) is 23.8 Å². The van der Waals surface area contributed by atoms with Crippen LogP contribution in [-0.2, 0) is 0 Å². The standard InChI is InChI=1S/C17H16N4O2S/c1-2-23-13-6-3-11(4-7-13)20-17(24)21-12-5-8-15-14(9-12)16(22)19-10-18-15/h3-10H,2H2,1H3,(H,18,19,22)(H2,20,21,24). The van der Waals surface area contributed by atoms with Crippen LogP contribution >= 0.6 is 12.2 Å². The van der Waals surface area contributed by atoms with Crippen LogP contribution in [0.3, 0.4) is 0 Å². The van der Waals surface area contributed by atoms with Crippen molar-refractivity contribution in [1.82, 2.24) is 9.97 Å². The van der Waals surface area contributed by atoms with Gasteiger partial charge < -0.3 is 20.4 Å². The minimum atomic E-state index is -0.186. The van der Waals surface area contributed by atoms with E-state index in [9.17, 15) is 4.79 Å². The molecule has 0 aliphatic rings. The lowest BCUT2D eigenvalue weighted by atomic mass is 10.2. The number of nitrogens with one attached hydrogen (secondary N) is 3. The summed E-state index contributed by atoms with van der Waals surface area (Å²) >= 11 is 5.30. The third-order valence-electron chi connectivity index (χ3n) is 3.32. The van der Waals surface area contributed by atoms with E-state index in [1.807, 2.05) is 37.3 Å². The highest BCUT2D eigenvalue weighted by atomic mass is 32.1. The summed E-state index contributed by atoms with van der Waals surface area (Å²) in [4.78, 5) is 18.5. The molecule has 1 heterocycles. The first-order valence-electron chi connectivity index (χ1n) is 7.44. The summed E-state index contributed by atoms with van der Waals surface area (Å²) in [5, 5.41) is 7.08. The summed E-state index contributed by atoms with van der Waals surface area (Å²) in [6, 6.07) is 12.8. The topological polar surface area (TPSA) is 79.0 Å². The summed E-state index contributed by atoms with van der Waals surface area (Å²) in [6.45, 7) is 2.57. The molecule has 0 unspecified atom stereocenters. The van der Waals surface area contributed by atoms with Crippen molar-refractivity contribution in [2.75, 3.05) is 17.2 Å². The van der Waals surface area contributed by atoms with E-state index in [4.69, 9.17) is 17.0 Å². The molecule has 1 aromatic heterocycles. The number of nitrogens with zero attached hydrogens (tertiary/aromatic N) is 1. The van der Waals surface area contributed by atoms with Gasteiger partial charge in [-0.3, -0.25) is 4.79 Å². The number of anilines is 2. The van der Waals surface area contributed by atoms with Gasteiger partial charge in [0, 0.05) is 11.4 Å². The largest absolute Gasteiger partial charge is 0.494 e. The SMILES string of the molecule is CCOc1ccc(NC(=S)Nc2ccc3nc[nH]c(=O)c3c2)cc1. The van der Waals surface area contributed by atoms with Crippen LogP contribution in [-0.4, -0.2) is 21.7 Å². The number of aromatic amines is 1. The number of H-pyrrole nitrogens is 1. The molecule has 6 nitrogen and oxygen atoms in total. The fraction of sp³-hybridized carbons (Fsp3) is 0.118. The van der Waals surface area contributed by atoms with E-state index in [-0.39, 0.29) is 5.56 Å². The highest BCUT2D eigenvalue weighted by Gasteiger charge is 2.03. The second-order valence-electron chi connectivity index (χ2n) is 5.00. The summed E-state index contributed by atoms with van der Waals surface area (Å²) in [5.41, 5.74) is 2.00. The van der Waals surface area contributed by atoms with E-state index in [1.165, 1.54) is 6.33 Å². The molecular formula is C17H16N4O2S. The van der Waals surface area contributed by atoms with Crippen molar-refractivity contribution in [1.29, 1.82) is 0 Å². The van der Waals surface area contributed by atoms with Gasteiger partial charge in [0.2, 0.25) is 0 Å². The van der Waals surface area contributed by atoms with E-state index in [0.29, 0.717) is 28.3 Å². The highest BCUT2D eigenvalue weighted by Crippen LogP contribution is 2.17. The van der Waals surface area contributed by atoms with Crippen molar-refractivity contribution >= 4 is 39.6 Å². The van der Waals surface area contributed by atoms with Crippen molar-refractivity contribution in [2.24, 2.45) is 0 Å². The van der Waals surface area contributed by atoms with Crippen LogP contribution in [0.15, 0.2) is 53.6 Å². The fourth-order valence-corrected chi connectivity index (χ4v) is 2.48. The van der Waals surface area contributed by atoms with Crippen molar-refractivity contribution < 1.29 is 4.74 Å². The van der Waals surface area contributed by atoms with Crippen LogP contribution in [0.4, 0.5) is 11.4 Å². The fourth-order valence-electron chi connectivity index (χ4n) is 2.24. The Kier molecular flexibility index (Phi) is 4.72. The molecule has 0 aliphatic heterocycles. The lowest BCUT2D eigenvalue weighted by molar-refractivity contribution is 0.340. The normalized spacial score (nSPS) is 10.4. The number of thiocarbonyl (C=S) groups is 1. The molecule has 0 aliphatic carbocycles. The molecule has 3 N–H and O–H groups in total. The van der Waals surface area contributed by atoms with Crippen LogP contribution in [0.25, 0.3) is 10.9 Å². The number of benzene rings is 2. The van der Waals surface area contributed by atoms with Gasteiger partial charge in [0.25, 0.3) is 5.56 Å². The Morgan fingerprint density at radius 3 is 2.62 bits per heavy atom. The molecule has 0 spiro atoms. The van der Waals surface area contributed by atoms with Crippen molar-refractivity contribution in [3.05, 3.63) is 59.1 Å². The lowest BCUT2D eigenvalue weighted by Crippen LogP contribution is -2.19. The number of ether oxygens (including phenoxy) is 1. The molecule has 3 aromatic rings. The van der Waals surface area contributed by atoms with E-state index in [0.717, 1.165) is 11.4 Å². The zero-order valence-corrected chi connectivity index (χ0v) is 13.8. The van der Waals surface area contributed by atoms with Crippen LogP contribution in [0, 0.1) is 0 Å². The number of fused-ring (bicyclic) bond motifs is 1. The third kappa shape index (κ3) is 3.69. The van der Waals surface area contributed by atoms with Crippen molar-refractivity contribution in [3.63, 3.8) is 0 Å². The number of hydrogen-bond donors (Lipinski definition) is 3. The van der Waals surface area contributed by atoms with E-state index < -0.39 is 0 Å². The average molecular weight is 340 g/mol. The maximum Gasteiger partial charge on any atom is 0.258 e. The first-order valence-corrected chi connectivity index (χ1v) is 7.85. The predicted molar refractivity (Wildman–Crippen MR) is 99.8 cm³/mol. The van der Waals surface area contributed by atoms with Gasteiger partial charge in [-0.1, -0.05) is 0 Å². The van der Waals surface area contributed by atoms with Crippen LogP contribution in [0.5, 0.6) is 5.75 Å². The summed E-state index contributed by atoms with van der Waals surface area (Å²) in [5.74, 6) is 0.809. The molecule has 0 fully saturated rings. The minimum Gasteiger partial charge on any atom is -0.494 e. The summed E-state index contributed by atoms with van der Waals surface area (Å²) in [7, 11) is 0. The molecule has 0 bridgehead atoms. The lowest BCUT2D eigenvalue weighted by Gasteiger charge is -2.11. The second kappa shape index (κ2) is 7.10. The Hall–Kier alpha value is -2.93. The highest BCUT2D eigenvalue weighted by molar-refractivity contribution is 7.80. The van der Waals surface area contributed by atoms with Crippen LogP contribution in [0.2, 0.25) is 0 Å². The molecule has 2 aromatic carbocycles.